The number of hydrogen-bond donors (Lipinski definition) is 2. The number of halogens is 3. The molecule has 2 fully saturated rings. The van der Waals surface area contributed by atoms with E-state index < -0.39 is 5.97 Å². The van der Waals surface area contributed by atoms with Gasteiger partial charge in [0.15, 0.2) is 0 Å². The van der Waals surface area contributed by atoms with Crippen LogP contribution >= 0.6 is 37.2 Å². The molecule has 2 heterocycles. The molecule has 1 aliphatic carbocycles. The number of hydrogen-bond acceptors (Lipinski definition) is 5. The number of pyridine rings is 1. The average molecular weight is 554 g/mol. The number of amides is 1. The average Bonchev–Trinajstić information content (AvgIpc) is 3.66. The minimum Gasteiger partial charge on any atom is -0.478 e. The van der Waals surface area contributed by atoms with Crippen molar-refractivity contribution in [3.63, 3.8) is 0 Å². The van der Waals surface area contributed by atoms with Gasteiger partial charge >= 0.3 is 5.97 Å². The van der Waals surface area contributed by atoms with Crippen molar-refractivity contribution >= 4 is 77.2 Å². The zero-order chi connectivity index (χ0) is 23.1. The first-order valence-electron chi connectivity index (χ1n) is 11.5. The van der Waals surface area contributed by atoms with E-state index in [-0.39, 0.29) is 54.6 Å². The van der Waals surface area contributed by atoms with Crippen LogP contribution in [0.15, 0.2) is 42.5 Å². The molecule has 0 unspecified atom stereocenters. The Hall–Kier alpha value is -2.74. The second kappa shape index (κ2) is 12.0. The van der Waals surface area contributed by atoms with Crippen molar-refractivity contribution < 1.29 is 14.7 Å². The van der Waals surface area contributed by atoms with Gasteiger partial charge in [-0.3, -0.25) is 4.79 Å². The van der Waals surface area contributed by atoms with Gasteiger partial charge < -0.3 is 20.2 Å². The molecule has 2 aromatic carbocycles. The standard InChI is InChI=1S/C26H28N4O3.3ClH/c1-16-4-3-5-23(17(16)2)29-10-12-30(13-11-29)24-15-21(26(32)33)20-14-19(8-9-22(20)28-24)27-25(31)18-6-7-18;;;/h3-5,8-9,14-15,18H,6-7,10-13H2,1-2H3,(H,27,31)(H,32,33);3*1H. The van der Waals surface area contributed by atoms with Crippen molar-refractivity contribution in [2.75, 3.05) is 41.3 Å². The second-order valence-electron chi connectivity index (χ2n) is 9.02. The summed E-state index contributed by atoms with van der Waals surface area (Å²) in [4.78, 5) is 33.5. The smallest absolute Gasteiger partial charge is 0.336 e. The number of nitrogens with one attached hydrogen (secondary N) is 1. The summed E-state index contributed by atoms with van der Waals surface area (Å²) in [6.45, 7) is 7.50. The number of piperazine rings is 1. The van der Waals surface area contributed by atoms with Crippen LogP contribution in [0.5, 0.6) is 0 Å². The lowest BCUT2D eigenvalue weighted by Crippen LogP contribution is -2.47. The number of benzene rings is 2. The van der Waals surface area contributed by atoms with E-state index >= 15 is 0 Å². The molecule has 5 rings (SSSR count). The van der Waals surface area contributed by atoms with Crippen LogP contribution in [0.3, 0.4) is 0 Å². The Kier molecular flexibility index (Phi) is 9.83. The first-order chi connectivity index (χ1) is 15.9. The summed E-state index contributed by atoms with van der Waals surface area (Å²) in [6, 6.07) is 13.3. The molecular formula is C26H31Cl3N4O3. The maximum atomic E-state index is 12.1. The summed E-state index contributed by atoms with van der Waals surface area (Å²) in [5, 5.41) is 13.3. The van der Waals surface area contributed by atoms with Crippen molar-refractivity contribution in [3.05, 3.63) is 59.2 Å². The molecule has 1 amide bonds. The topological polar surface area (TPSA) is 85.8 Å². The van der Waals surface area contributed by atoms with Gasteiger partial charge in [-0.2, -0.15) is 0 Å². The van der Waals surface area contributed by atoms with Crippen LogP contribution in [0.25, 0.3) is 10.9 Å². The van der Waals surface area contributed by atoms with Crippen LogP contribution in [0.1, 0.15) is 34.3 Å². The first kappa shape index (κ1) is 29.5. The van der Waals surface area contributed by atoms with Crippen molar-refractivity contribution in [2.45, 2.75) is 26.7 Å². The predicted octanol–water partition coefficient (Wildman–Crippen LogP) is 5.49. The van der Waals surface area contributed by atoms with Gasteiger partial charge in [-0.15, -0.1) is 37.2 Å². The number of aryl methyl sites for hydroxylation is 1. The quantitative estimate of drug-likeness (QED) is 0.435. The molecule has 1 saturated heterocycles. The third-order valence-electron chi connectivity index (χ3n) is 6.76. The van der Waals surface area contributed by atoms with Crippen LogP contribution in [0.2, 0.25) is 0 Å². The maximum absolute atomic E-state index is 12.1. The molecule has 2 N–H and O–H groups in total. The maximum Gasteiger partial charge on any atom is 0.336 e. The SMILES string of the molecule is Cc1cccc(N2CCN(c3cc(C(=O)O)c4cc(NC(=O)C5CC5)ccc4n3)CC2)c1C.Cl.Cl.Cl. The number of carboxylic acids is 1. The summed E-state index contributed by atoms with van der Waals surface area (Å²) in [5.41, 5.74) is 5.27. The largest absolute Gasteiger partial charge is 0.478 e. The van der Waals surface area contributed by atoms with E-state index in [1.54, 1.807) is 24.3 Å². The van der Waals surface area contributed by atoms with Gasteiger partial charge in [0.25, 0.3) is 0 Å². The fourth-order valence-electron chi connectivity index (χ4n) is 4.47. The fraction of sp³-hybridized carbons (Fsp3) is 0.346. The number of anilines is 3. The normalized spacial score (nSPS) is 14.8. The summed E-state index contributed by atoms with van der Waals surface area (Å²) in [5.74, 6) is -0.237. The predicted molar refractivity (Wildman–Crippen MR) is 152 cm³/mol. The van der Waals surface area contributed by atoms with Crippen LogP contribution in [-0.4, -0.2) is 48.1 Å². The summed E-state index contributed by atoms with van der Waals surface area (Å²) in [6.07, 6.45) is 1.84. The highest BCUT2D eigenvalue weighted by Gasteiger charge is 2.29. The molecule has 36 heavy (non-hydrogen) atoms. The highest BCUT2D eigenvalue weighted by Crippen LogP contribution is 2.32. The molecule has 0 spiro atoms. The minimum absolute atomic E-state index is 0. The third-order valence-corrected chi connectivity index (χ3v) is 6.76. The number of fused-ring (bicyclic) bond motifs is 1. The Labute approximate surface area is 229 Å². The van der Waals surface area contributed by atoms with Crippen molar-refractivity contribution in [1.29, 1.82) is 0 Å². The molecule has 10 heteroatoms. The number of nitrogens with zero attached hydrogens (tertiary/aromatic N) is 3. The van der Waals surface area contributed by atoms with E-state index in [4.69, 9.17) is 4.98 Å². The van der Waals surface area contributed by atoms with Gasteiger partial charge in [-0.25, -0.2) is 9.78 Å². The van der Waals surface area contributed by atoms with Crippen molar-refractivity contribution in [2.24, 2.45) is 5.92 Å². The van der Waals surface area contributed by atoms with Crippen molar-refractivity contribution in [3.8, 4) is 0 Å². The zero-order valence-corrected chi connectivity index (χ0v) is 22.6. The van der Waals surface area contributed by atoms with Gasteiger partial charge in [0.05, 0.1) is 11.1 Å². The highest BCUT2D eigenvalue weighted by atomic mass is 35.5. The molecule has 2 aliphatic rings. The van der Waals surface area contributed by atoms with Crippen LogP contribution < -0.4 is 15.1 Å². The molecule has 0 atom stereocenters. The Morgan fingerprint density at radius 3 is 2.25 bits per heavy atom. The van der Waals surface area contributed by atoms with E-state index in [0.29, 0.717) is 22.4 Å². The Bertz CT molecular complexity index is 1260. The summed E-state index contributed by atoms with van der Waals surface area (Å²) >= 11 is 0. The number of aromatic carboxylic acids is 1. The molecule has 1 saturated carbocycles. The molecule has 0 radical (unpaired) electrons. The zero-order valence-electron chi connectivity index (χ0n) is 20.2. The summed E-state index contributed by atoms with van der Waals surface area (Å²) < 4.78 is 0. The molecule has 194 valence electrons. The summed E-state index contributed by atoms with van der Waals surface area (Å²) in [7, 11) is 0. The van der Waals surface area contributed by atoms with Gasteiger partial charge in [-0.05, 0) is 68.1 Å². The molecule has 7 nitrogen and oxygen atoms in total. The number of carboxylic acid groups (broad SMARTS) is 1. The lowest BCUT2D eigenvalue weighted by Gasteiger charge is -2.37. The van der Waals surface area contributed by atoms with Gasteiger partial charge in [-0.1, -0.05) is 12.1 Å². The van der Waals surface area contributed by atoms with E-state index in [1.807, 2.05) is 0 Å². The number of rotatable bonds is 5. The number of carbonyl (C=O) groups is 2. The fourth-order valence-corrected chi connectivity index (χ4v) is 4.47. The lowest BCUT2D eigenvalue weighted by molar-refractivity contribution is -0.117. The van der Waals surface area contributed by atoms with E-state index in [1.165, 1.54) is 16.8 Å². The van der Waals surface area contributed by atoms with Gasteiger partial charge in [0, 0.05) is 48.9 Å². The Morgan fingerprint density at radius 2 is 1.61 bits per heavy atom. The highest BCUT2D eigenvalue weighted by molar-refractivity contribution is 6.05. The number of carbonyl (C=O) groups excluding carboxylic acids is 1. The Morgan fingerprint density at radius 1 is 0.944 bits per heavy atom. The van der Waals surface area contributed by atoms with Crippen molar-refractivity contribution in [1.82, 2.24) is 4.98 Å². The minimum atomic E-state index is -0.997. The van der Waals surface area contributed by atoms with E-state index in [0.717, 1.165) is 39.0 Å². The lowest BCUT2D eigenvalue weighted by atomic mass is 10.1. The number of aromatic nitrogens is 1. The van der Waals surface area contributed by atoms with E-state index in [2.05, 4.69) is 47.2 Å². The second-order valence-corrected chi connectivity index (χ2v) is 9.02. The van der Waals surface area contributed by atoms with Gasteiger partial charge in [0.1, 0.15) is 5.82 Å². The van der Waals surface area contributed by atoms with Crippen LogP contribution in [0.4, 0.5) is 17.2 Å². The molecule has 1 aromatic heterocycles. The molecule has 3 aromatic rings. The van der Waals surface area contributed by atoms with Crippen LogP contribution in [0, 0.1) is 19.8 Å². The van der Waals surface area contributed by atoms with E-state index in [9.17, 15) is 14.7 Å². The monoisotopic (exact) mass is 552 g/mol. The first-order valence-corrected chi connectivity index (χ1v) is 11.5. The molecular weight excluding hydrogens is 523 g/mol. The Balaban J connectivity index is 0.00000152. The third kappa shape index (κ3) is 5.97. The van der Waals surface area contributed by atoms with Crippen LogP contribution in [-0.2, 0) is 4.79 Å². The molecule has 1 aliphatic heterocycles. The molecule has 0 bridgehead atoms. The van der Waals surface area contributed by atoms with Gasteiger partial charge in [0.2, 0.25) is 5.91 Å².